The van der Waals surface area contributed by atoms with E-state index in [-0.39, 0.29) is 43.4 Å². The van der Waals surface area contributed by atoms with Gasteiger partial charge >= 0.3 is 14.5 Å². The van der Waals surface area contributed by atoms with Crippen molar-refractivity contribution >= 4 is 36.8 Å². The number of aromatic carboxylic acids is 1. The fourth-order valence-corrected chi connectivity index (χ4v) is 5.29. The number of aromatic nitrogens is 1. The SMILES string of the molecule is Nc1c(F)c(N2CCN(P(O)Oc3ccccc3)CC2)c(F)c2c1c(=O)c(C(=O)O)cn2C1CC1. The standard InChI is InChI=1S/C23H23F2N4O5P/c24-17-19(26)16-20(29(13-6-7-13)12-15(22(16)30)23(31)32)18(25)21(17)27-8-10-28(11-9-27)35(33)34-14-4-2-1-3-5-14/h1-5,12-13,33H,6-11,26H2,(H,31,32). The first-order valence-electron chi connectivity index (χ1n) is 11.1. The van der Waals surface area contributed by atoms with Crippen molar-refractivity contribution in [2.75, 3.05) is 36.8 Å². The highest BCUT2D eigenvalue weighted by molar-refractivity contribution is 7.43. The van der Waals surface area contributed by atoms with Crippen LogP contribution in [0.15, 0.2) is 41.3 Å². The average molecular weight is 504 g/mol. The quantitative estimate of drug-likeness (QED) is 0.345. The summed E-state index contributed by atoms with van der Waals surface area (Å²) in [6, 6.07) is 8.65. The monoisotopic (exact) mass is 504 g/mol. The number of para-hydroxylation sites is 1. The van der Waals surface area contributed by atoms with Crippen molar-refractivity contribution in [1.29, 1.82) is 0 Å². The van der Waals surface area contributed by atoms with Gasteiger partial charge in [0.1, 0.15) is 17.0 Å². The highest BCUT2D eigenvalue weighted by Gasteiger charge is 2.34. The topological polar surface area (TPSA) is 121 Å². The van der Waals surface area contributed by atoms with Crippen molar-refractivity contribution in [2.24, 2.45) is 0 Å². The summed E-state index contributed by atoms with van der Waals surface area (Å²) in [7, 11) is -1.94. The average Bonchev–Trinajstić information content (AvgIpc) is 3.69. The van der Waals surface area contributed by atoms with E-state index in [1.54, 1.807) is 28.9 Å². The maximum Gasteiger partial charge on any atom is 0.341 e. The molecule has 5 rings (SSSR count). The van der Waals surface area contributed by atoms with Crippen LogP contribution in [0.25, 0.3) is 10.9 Å². The summed E-state index contributed by atoms with van der Waals surface area (Å²) in [5.41, 5.74) is 3.26. The third kappa shape index (κ3) is 4.20. The Hall–Kier alpha value is -3.27. The maximum absolute atomic E-state index is 15.9. The van der Waals surface area contributed by atoms with Crippen LogP contribution in [0, 0.1) is 11.6 Å². The van der Waals surface area contributed by atoms with E-state index in [0.717, 1.165) is 6.20 Å². The van der Waals surface area contributed by atoms with Crippen LogP contribution in [0.1, 0.15) is 29.2 Å². The number of nitrogen functional groups attached to an aromatic ring is 1. The second-order valence-corrected chi connectivity index (χ2v) is 9.78. The molecule has 1 aromatic heterocycles. The zero-order chi connectivity index (χ0) is 24.9. The number of pyridine rings is 1. The molecule has 12 heteroatoms. The molecule has 0 radical (unpaired) electrons. The van der Waals surface area contributed by atoms with Crippen molar-refractivity contribution in [1.82, 2.24) is 9.24 Å². The van der Waals surface area contributed by atoms with Crippen molar-refractivity contribution in [3.63, 3.8) is 0 Å². The zero-order valence-electron chi connectivity index (χ0n) is 18.5. The third-order valence-corrected chi connectivity index (χ3v) is 7.54. The molecule has 2 aliphatic rings. The van der Waals surface area contributed by atoms with E-state index in [1.165, 1.54) is 9.47 Å². The van der Waals surface area contributed by atoms with Crippen LogP contribution >= 0.6 is 8.53 Å². The van der Waals surface area contributed by atoms with Gasteiger partial charge in [0.2, 0.25) is 5.43 Å². The van der Waals surface area contributed by atoms with E-state index in [1.807, 2.05) is 6.07 Å². The lowest BCUT2D eigenvalue weighted by Crippen LogP contribution is -2.45. The Morgan fingerprint density at radius 3 is 2.34 bits per heavy atom. The molecule has 2 fully saturated rings. The second-order valence-electron chi connectivity index (χ2n) is 8.53. The first kappa shape index (κ1) is 23.5. The summed E-state index contributed by atoms with van der Waals surface area (Å²) in [6.07, 6.45) is 2.49. The number of hydrogen-bond acceptors (Lipinski definition) is 7. The molecule has 1 saturated heterocycles. The maximum atomic E-state index is 15.9. The largest absolute Gasteiger partial charge is 0.477 e. The Morgan fingerprint density at radius 2 is 1.74 bits per heavy atom. The summed E-state index contributed by atoms with van der Waals surface area (Å²) >= 11 is 0. The molecular formula is C23H23F2N4O5P. The first-order chi connectivity index (χ1) is 16.8. The highest BCUT2D eigenvalue weighted by Crippen LogP contribution is 2.43. The van der Waals surface area contributed by atoms with Crippen LogP contribution < -0.4 is 20.6 Å². The molecule has 35 heavy (non-hydrogen) atoms. The number of rotatable bonds is 6. The van der Waals surface area contributed by atoms with E-state index in [0.29, 0.717) is 18.6 Å². The van der Waals surface area contributed by atoms with Gasteiger partial charge in [0, 0.05) is 38.4 Å². The van der Waals surface area contributed by atoms with Crippen LogP contribution in [-0.4, -0.2) is 51.4 Å². The van der Waals surface area contributed by atoms with E-state index >= 15 is 8.78 Å². The van der Waals surface area contributed by atoms with Gasteiger partial charge in [0.15, 0.2) is 11.6 Å². The molecule has 0 spiro atoms. The minimum atomic E-state index is -1.94. The second kappa shape index (κ2) is 9.07. The van der Waals surface area contributed by atoms with Gasteiger partial charge in [-0.15, -0.1) is 0 Å². The van der Waals surface area contributed by atoms with Crippen LogP contribution in [0.4, 0.5) is 20.2 Å². The van der Waals surface area contributed by atoms with Gasteiger partial charge in [-0.1, -0.05) is 18.2 Å². The van der Waals surface area contributed by atoms with Gasteiger partial charge < -0.3 is 29.7 Å². The summed E-state index contributed by atoms with van der Waals surface area (Å²) in [5.74, 6) is -3.02. The van der Waals surface area contributed by atoms with Crippen molar-refractivity contribution in [3.8, 4) is 5.75 Å². The van der Waals surface area contributed by atoms with E-state index in [4.69, 9.17) is 10.3 Å². The molecule has 1 unspecified atom stereocenters. The molecule has 2 aromatic carbocycles. The molecule has 4 N–H and O–H groups in total. The number of hydrogen-bond donors (Lipinski definition) is 3. The van der Waals surface area contributed by atoms with E-state index < -0.39 is 48.2 Å². The lowest BCUT2D eigenvalue weighted by Gasteiger charge is -2.37. The van der Waals surface area contributed by atoms with Gasteiger partial charge in [-0.05, 0) is 25.0 Å². The molecule has 0 amide bonds. The van der Waals surface area contributed by atoms with Gasteiger partial charge in [-0.25, -0.2) is 18.2 Å². The molecular weight excluding hydrogens is 481 g/mol. The summed E-state index contributed by atoms with van der Waals surface area (Å²) < 4.78 is 39.9. The van der Waals surface area contributed by atoms with Gasteiger partial charge in [-0.3, -0.25) is 4.79 Å². The molecule has 1 saturated carbocycles. The number of piperazine rings is 1. The Labute approximate surface area is 199 Å². The number of anilines is 2. The Kier molecular flexibility index (Phi) is 6.08. The molecule has 1 aliphatic heterocycles. The lowest BCUT2D eigenvalue weighted by atomic mass is 10.1. The number of benzene rings is 2. The van der Waals surface area contributed by atoms with Crippen LogP contribution in [0.2, 0.25) is 0 Å². The number of nitrogens with zero attached hydrogens (tertiary/aromatic N) is 3. The number of fused-ring (bicyclic) bond motifs is 1. The van der Waals surface area contributed by atoms with Crippen molar-refractivity contribution < 1.29 is 28.1 Å². The molecule has 9 nitrogen and oxygen atoms in total. The summed E-state index contributed by atoms with van der Waals surface area (Å²) in [6.45, 7) is 0.910. The zero-order valence-corrected chi connectivity index (χ0v) is 19.4. The minimum absolute atomic E-state index is 0.178. The highest BCUT2D eigenvalue weighted by atomic mass is 31.2. The van der Waals surface area contributed by atoms with Crippen molar-refractivity contribution in [3.05, 3.63) is 63.9 Å². The lowest BCUT2D eigenvalue weighted by molar-refractivity contribution is 0.0694. The third-order valence-electron chi connectivity index (χ3n) is 6.28. The fourth-order valence-electron chi connectivity index (χ4n) is 4.35. The Balaban J connectivity index is 1.48. The van der Waals surface area contributed by atoms with Crippen LogP contribution in [0.5, 0.6) is 5.75 Å². The Morgan fingerprint density at radius 1 is 1.09 bits per heavy atom. The van der Waals surface area contributed by atoms with Crippen LogP contribution in [-0.2, 0) is 0 Å². The van der Waals surface area contributed by atoms with E-state index in [9.17, 15) is 19.6 Å². The molecule has 3 aromatic rings. The van der Waals surface area contributed by atoms with Gasteiger partial charge in [-0.2, -0.15) is 0 Å². The van der Waals surface area contributed by atoms with Gasteiger partial charge in [0.05, 0.1) is 16.6 Å². The number of halogens is 2. The Bertz CT molecular complexity index is 1360. The van der Waals surface area contributed by atoms with Crippen molar-refractivity contribution in [2.45, 2.75) is 18.9 Å². The van der Waals surface area contributed by atoms with Gasteiger partial charge in [0.25, 0.3) is 0 Å². The minimum Gasteiger partial charge on any atom is -0.477 e. The first-order valence-corrected chi connectivity index (χ1v) is 12.2. The van der Waals surface area contributed by atoms with Crippen LogP contribution in [0.3, 0.4) is 0 Å². The fraction of sp³-hybridized carbons (Fsp3) is 0.304. The molecule has 1 aliphatic carbocycles. The summed E-state index contributed by atoms with van der Waals surface area (Å²) in [5, 5.41) is 8.96. The molecule has 184 valence electrons. The normalized spacial score (nSPS) is 17.5. The van der Waals surface area contributed by atoms with E-state index in [2.05, 4.69) is 0 Å². The molecule has 0 bridgehead atoms. The predicted molar refractivity (Wildman–Crippen MR) is 128 cm³/mol. The number of carbonyl (C=O) groups is 1. The smallest absolute Gasteiger partial charge is 0.341 e. The predicted octanol–water partition coefficient (Wildman–Crippen LogP) is 3.32. The number of carboxylic acid groups (broad SMARTS) is 1. The molecule has 2 heterocycles. The summed E-state index contributed by atoms with van der Waals surface area (Å²) in [4.78, 5) is 36.3. The number of nitrogens with two attached hydrogens (primary N) is 1. The number of carboxylic acids is 1. The molecule has 1 atom stereocenters.